The Bertz CT molecular complexity index is 733. The van der Waals surface area contributed by atoms with Crippen LogP contribution in [0.2, 0.25) is 0 Å². The Hall–Kier alpha value is -2.30. The second-order valence-electron chi connectivity index (χ2n) is 4.74. The van der Waals surface area contributed by atoms with Crippen LogP contribution in [0.15, 0.2) is 24.3 Å². The van der Waals surface area contributed by atoms with Gasteiger partial charge >= 0.3 is 0 Å². The third-order valence-corrected chi connectivity index (χ3v) is 3.36. The summed E-state index contributed by atoms with van der Waals surface area (Å²) in [7, 11) is 1.92. The predicted molar refractivity (Wildman–Crippen MR) is 76.4 cm³/mol. The molecule has 2 N–H and O–H groups in total. The van der Waals surface area contributed by atoms with Crippen LogP contribution in [0, 0.1) is 6.92 Å². The maximum Gasteiger partial charge on any atom is 0.207 e. The van der Waals surface area contributed by atoms with E-state index in [0.29, 0.717) is 5.95 Å². The van der Waals surface area contributed by atoms with Crippen molar-refractivity contribution in [3.05, 3.63) is 35.5 Å². The molecule has 5 heteroatoms. The first-order valence-corrected chi connectivity index (χ1v) is 6.38. The van der Waals surface area contributed by atoms with Gasteiger partial charge in [0.15, 0.2) is 5.65 Å². The minimum absolute atomic E-state index is 0.501. The highest BCUT2D eigenvalue weighted by molar-refractivity contribution is 5.80. The number of nitrogens with zero attached hydrogens (tertiary/aromatic N) is 4. The van der Waals surface area contributed by atoms with Crippen molar-refractivity contribution >= 4 is 17.1 Å². The maximum atomic E-state index is 6.07. The van der Waals surface area contributed by atoms with E-state index in [0.717, 1.165) is 29.0 Å². The van der Waals surface area contributed by atoms with Crippen molar-refractivity contribution in [2.24, 2.45) is 7.05 Å². The Kier molecular flexibility index (Phi) is 2.55. The van der Waals surface area contributed by atoms with E-state index in [-0.39, 0.29) is 0 Å². The van der Waals surface area contributed by atoms with Gasteiger partial charge in [0.2, 0.25) is 5.95 Å². The topological polar surface area (TPSA) is 61.7 Å². The van der Waals surface area contributed by atoms with E-state index in [1.807, 2.05) is 28.4 Å². The molecule has 0 fully saturated rings. The van der Waals surface area contributed by atoms with Crippen molar-refractivity contribution in [3.63, 3.8) is 0 Å². The van der Waals surface area contributed by atoms with Gasteiger partial charge in [-0.15, -0.1) is 0 Å². The summed E-state index contributed by atoms with van der Waals surface area (Å²) in [5.74, 6) is 0.501. The summed E-state index contributed by atoms with van der Waals surface area (Å²) in [5.41, 5.74) is 11.1. The van der Waals surface area contributed by atoms with E-state index in [4.69, 9.17) is 5.73 Å². The number of imidazole rings is 1. The summed E-state index contributed by atoms with van der Waals surface area (Å²) in [6, 6.07) is 8.23. The number of aryl methyl sites for hydroxylation is 3. The molecule has 0 amide bonds. The highest BCUT2D eigenvalue weighted by atomic mass is 15.3. The molecule has 0 atom stereocenters. The molecule has 0 aliphatic rings. The quantitative estimate of drug-likeness (QED) is 0.763. The molecule has 3 aromatic rings. The van der Waals surface area contributed by atoms with Crippen LogP contribution in [0.3, 0.4) is 0 Å². The number of fused-ring (bicyclic) bond motifs is 1. The zero-order valence-corrected chi connectivity index (χ0v) is 11.4. The molecule has 0 radical (unpaired) electrons. The van der Waals surface area contributed by atoms with Crippen molar-refractivity contribution in [2.75, 3.05) is 5.73 Å². The van der Waals surface area contributed by atoms with Gasteiger partial charge in [-0.25, -0.2) is 9.67 Å². The fourth-order valence-corrected chi connectivity index (χ4v) is 2.38. The Morgan fingerprint density at radius 2 is 1.89 bits per heavy atom. The number of benzene rings is 1. The van der Waals surface area contributed by atoms with Crippen molar-refractivity contribution in [1.29, 1.82) is 0 Å². The Morgan fingerprint density at radius 3 is 2.53 bits per heavy atom. The van der Waals surface area contributed by atoms with E-state index in [9.17, 15) is 0 Å². The van der Waals surface area contributed by atoms with E-state index in [2.05, 4.69) is 36.1 Å². The van der Waals surface area contributed by atoms with E-state index in [1.54, 1.807) is 0 Å². The van der Waals surface area contributed by atoms with E-state index >= 15 is 0 Å². The average molecular weight is 255 g/mol. The van der Waals surface area contributed by atoms with Crippen molar-refractivity contribution < 1.29 is 0 Å². The van der Waals surface area contributed by atoms with Crippen molar-refractivity contribution in [2.45, 2.75) is 20.3 Å². The van der Waals surface area contributed by atoms with Crippen molar-refractivity contribution in [3.8, 4) is 5.69 Å². The predicted octanol–water partition coefficient (Wildman–Crippen LogP) is 2.21. The number of anilines is 1. The van der Waals surface area contributed by atoms with Crippen LogP contribution in [0.4, 0.5) is 5.95 Å². The number of hydrogen-bond acceptors (Lipinski definition) is 3. The smallest absolute Gasteiger partial charge is 0.207 e. The highest BCUT2D eigenvalue weighted by Crippen LogP contribution is 2.25. The summed E-state index contributed by atoms with van der Waals surface area (Å²) in [5, 5.41) is 4.49. The monoisotopic (exact) mass is 255 g/mol. The van der Waals surface area contributed by atoms with Crippen LogP contribution < -0.4 is 5.73 Å². The number of nitrogens with two attached hydrogens (primary N) is 1. The molecule has 5 nitrogen and oxygen atoms in total. The van der Waals surface area contributed by atoms with Crippen LogP contribution in [0.25, 0.3) is 16.9 Å². The van der Waals surface area contributed by atoms with Gasteiger partial charge in [0.1, 0.15) is 5.52 Å². The molecule has 98 valence electrons. The van der Waals surface area contributed by atoms with Gasteiger partial charge in [-0.05, 0) is 25.5 Å². The molecule has 2 aromatic heterocycles. The van der Waals surface area contributed by atoms with E-state index in [1.165, 1.54) is 5.56 Å². The minimum atomic E-state index is 0.501. The lowest BCUT2D eigenvalue weighted by atomic mass is 10.2. The fourth-order valence-electron chi connectivity index (χ4n) is 2.38. The molecule has 3 rings (SSSR count). The zero-order chi connectivity index (χ0) is 13.6. The van der Waals surface area contributed by atoms with Crippen LogP contribution in [-0.4, -0.2) is 19.3 Å². The summed E-state index contributed by atoms with van der Waals surface area (Å²) >= 11 is 0. The molecule has 0 spiro atoms. The second-order valence-corrected chi connectivity index (χ2v) is 4.74. The van der Waals surface area contributed by atoms with E-state index < -0.39 is 0 Å². The van der Waals surface area contributed by atoms with Gasteiger partial charge in [0, 0.05) is 7.05 Å². The SMILES string of the molecule is CCc1nn(C)c2c1nc(N)n2-c1ccc(C)cc1. The van der Waals surface area contributed by atoms with Gasteiger partial charge < -0.3 is 5.73 Å². The molecule has 0 unspecified atom stereocenters. The first-order valence-electron chi connectivity index (χ1n) is 6.38. The van der Waals surface area contributed by atoms with Crippen molar-refractivity contribution in [1.82, 2.24) is 19.3 Å². The van der Waals surface area contributed by atoms with Gasteiger partial charge in [-0.1, -0.05) is 24.6 Å². The summed E-state index contributed by atoms with van der Waals surface area (Å²) in [6.45, 7) is 4.14. The Balaban J connectivity index is 2.31. The number of aromatic nitrogens is 4. The van der Waals surface area contributed by atoms with Crippen LogP contribution >= 0.6 is 0 Å². The van der Waals surface area contributed by atoms with Crippen LogP contribution in [0.5, 0.6) is 0 Å². The molecule has 0 aliphatic heterocycles. The number of hydrogen-bond donors (Lipinski definition) is 1. The fraction of sp³-hybridized carbons (Fsp3) is 0.286. The largest absolute Gasteiger partial charge is 0.369 e. The van der Waals surface area contributed by atoms with Crippen LogP contribution in [0.1, 0.15) is 18.2 Å². The normalized spacial score (nSPS) is 11.3. The Labute approximate surface area is 111 Å². The highest BCUT2D eigenvalue weighted by Gasteiger charge is 2.17. The first-order chi connectivity index (χ1) is 9.11. The maximum absolute atomic E-state index is 6.07. The Morgan fingerprint density at radius 1 is 1.21 bits per heavy atom. The lowest BCUT2D eigenvalue weighted by Gasteiger charge is -2.07. The summed E-state index contributed by atoms with van der Waals surface area (Å²) in [4.78, 5) is 4.46. The summed E-state index contributed by atoms with van der Waals surface area (Å²) < 4.78 is 3.79. The minimum Gasteiger partial charge on any atom is -0.369 e. The molecule has 1 aromatic carbocycles. The first kappa shape index (κ1) is 11.8. The lowest BCUT2D eigenvalue weighted by Crippen LogP contribution is -2.04. The lowest BCUT2D eigenvalue weighted by molar-refractivity contribution is 0.751. The van der Waals surface area contributed by atoms with Gasteiger partial charge in [0.05, 0.1) is 11.4 Å². The third-order valence-electron chi connectivity index (χ3n) is 3.36. The molecule has 19 heavy (non-hydrogen) atoms. The van der Waals surface area contributed by atoms with Gasteiger partial charge in [-0.3, -0.25) is 4.57 Å². The van der Waals surface area contributed by atoms with Crippen LogP contribution in [-0.2, 0) is 13.5 Å². The molecule has 0 saturated carbocycles. The second kappa shape index (κ2) is 4.12. The molecule has 2 heterocycles. The zero-order valence-electron chi connectivity index (χ0n) is 11.4. The molecule has 0 aliphatic carbocycles. The summed E-state index contributed by atoms with van der Waals surface area (Å²) in [6.07, 6.45) is 0.849. The van der Waals surface area contributed by atoms with Gasteiger partial charge in [-0.2, -0.15) is 5.10 Å². The molecule has 0 bridgehead atoms. The van der Waals surface area contributed by atoms with Gasteiger partial charge in [0.25, 0.3) is 0 Å². The molecular weight excluding hydrogens is 238 g/mol. The third kappa shape index (κ3) is 1.69. The molecular formula is C14H17N5. The molecule has 0 saturated heterocycles. The average Bonchev–Trinajstić information content (AvgIpc) is 2.88. The number of rotatable bonds is 2. The number of nitrogen functional groups attached to an aromatic ring is 1. The standard InChI is InChI=1S/C14H17N5/c1-4-11-12-13(18(3)17-11)19(14(15)16-12)10-7-5-9(2)6-8-10/h5-8H,4H2,1-3H3,(H2,15,16).